The molecule has 0 spiro atoms. The van der Waals surface area contributed by atoms with Crippen LogP contribution in [0.2, 0.25) is 0 Å². The van der Waals surface area contributed by atoms with Gasteiger partial charge in [0.15, 0.2) is 31.0 Å². The summed E-state index contributed by atoms with van der Waals surface area (Å²) in [6.45, 7) is 20.3. The number of nitrogens with zero attached hydrogens (tertiary/aromatic N) is 5. The van der Waals surface area contributed by atoms with Crippen LogP contribution >= 0.6 is 0 Å². The smallest absolute Gasteiger partial charge is 0.201 e. The molecule has 5 heteroatoms. The van der Waals surface area contributed by atoms with E-state index in [0.717, 1.165) is 52.9 Å². The lowest BCUT2D eigenvalue weighted by molar-refractivity contribution is -0.660. The summed E-state index contributed by atoms with van der Waals surface area (Å²) in [4.78, 5) is 0. The van der Waals surface area contributed by atoms with E-state index in [1.165, 1.54) is 72.7 Å². The van der Waals surface area contributed by atoms with Gasteiger partial charge in [0, 0.05) is 93.5 Å². The van der Waals surface area contributed by atoms with Crippen LogP contribution in [-0.2, 0) is 67.2 Å². The molecule has 80 heavy (non-hydrogen) atoms. The highest BCUT2D eigenvalue weighted by molar-refractivity contribution is 5.64. The molecular formula is C75H90N5+5. The molecule has 10 aromatic rings. The number of aryl methyl sites for hydroxylation is 15. The molecule has 5 aromatic heterocycles. The minimum atomic E-state index is -1.31. The van der Waals surface area contributed by atoms with Gasteiger partial charge < -0.3 is 0 Å². The van der Waals surface area contributed by atoms with Crippen molar-refractivity contribution in [2.45, 2.75) is 101 Å². The molecule has 0 unspecified atom stereocenters. The van der Waals surface area contributed by atoms with Gasteiger partial charge in [0.25, 0.3) is 0 Å². The van der Waals surface area contributed by atoms with Crippen LogP contribution in [0.25, 0.3) is 56.3 Å². The van der Waals surface area contributed by atoms with Crippen molar-refractivity contribution in [2.75, 3.05) is 0 Å². The molecule has 0 N–H and O–H groups in total. The molecule has 0 aliphatic carbocycles. The van der Waals surface area contributed by atoms with E-state index in [2.05, 4.69) is 234 Å². The first-order chi connectivity index (χ1) is 39.9. The maximum Gasteiger partial charge on any atom is 0.212 e. The monoisotopic (exact) mass is 1060 g/mol. The molecule has 5 nitrogen and oxygen atoms in total. The maximum atomic E-state index is 7.81. The fourth-order valence-electron chi connectivity index (χ4n) is 9.77. The quantitative estimate of drug-likeness (QED) is 0.122. The minimum Gasteiger partial charge on any atom is -0.201 e. The van der Waals surface area contributed by atoms with Gasteiger partial charge in [-0.3, -0.25) is 0 Å². The summed E-state index contributed by atoms with van der Waals surface area (Å²) in [5.74, 6) is 0. The van der Waals surface area contributed by atoms with Crippen LogP contribution in [-0.4, -0.2) is 0 Å². The number of pyridine rings is 5. The lowest BCUT2D eigenvalue weighted by atomic mass is 10.0. The summed E-state index contributed by atoms with van der Waals surface area (Å²) >= 11 is 0. The zero-order chi connectivity index (χ0) is 61.3. The first kappa shape index (κ1) is 55.2. The fourth-order valence-corrected chi connectivity index (χ4v) is 9.77. The Morgan fingerprint density at radius 1 is 0.275 bits per heavy atom. The average molecular weight is 1070 g/mol. The number of aromatic nitrogens is 5. The van der Waals surface area contributed by atoms with Crippen molar-refractivity contribution in [3.63, 3.8) is 0 Å². The van der Waals surface area contributed by atoms with Gasteiger partial charge in [-0.25, -0.2) is 22.8 Å². The van der Waals surface area contributed by atoms with Crippen molar-refractivity contribution < 1.29 is 28.3 Å². The SMILES string of the molecule is CCc1cc[n+](C)c(-c2ccccc2C)c1.CCc1ccc(-c2cccc[n+]2C)c(C)c1.CCc1ccc(-c2ccccc2C)[n+](C)c1.[2H]C([2H])(C)c1cc[n+](C)c(-c2ccccc2C)c1.[2H]C([2H])(C)c1ccc(-c2cccc[n+]2C)c(C)c1. The Balaban J connectivity index is 0.000000169. The zero-order valence-corrected chi connectivity index (χ0v) is 50.6. The van der Waals surface area contributed by atoms with Crippen molar-refractivity contribution in [1.82, 2.24) is 0 Å². The molecule has 10 rings (SSSR count). The zero-order valence-electron chi connectivity index (χ0n) is 54.6. The average Bonchev–Trinajstić information content (AvgIpc) is 3.61. The molecule has 0 aliphatic rings. The van der Waals surface area contributed by atoms with Crippen LogP contribution in [0.5, 0.6) is 0 Å². The van der Waals surface area contributed by atoms with E-state index >= 15 is 0 Å². The van der Waals surface area contributed by atoms with Gasteiger partial charge in [-0.1, -0.05) is 113 Å². The summed E-state index contributed by atoms with van der Waals surface area (Å²) in [6, 6.07) is 62.8. The minimum absolute atomic E-state index is 0.707. The largest absolute Gasteiger partial charge is 0.212 e. The van der Waals surface area contributed by atoms with Crippen molar-refractivity contribution in [3.8, 4) is 56.3 Å². The third-order valence-corrected chi connectivity index (χ3v) is 14.8. The molecule has 0 bridgehead atoms. The first-order valence-corrected chi connectivity index (χ1v) is 28.2. The van der Waals surface area contributed by atoms with Gasteiger partial charge in [0.1, 0.15) is 35.2 Å². The highest BCUT2D eigenvalue weighted by atomic mass is 14.9. The van der Waals surface area contributed by atoms with E-state index < -0.39 is 12.7 Å². The molecule has 0 radical (unpaired) electrons. The molecule has 5 aromatic carbocycles. The van der Waals surface area contributed by atoms with Crippen LogP contribution in [0, 0.1) is 34.6 Å². The Morgan fingerprint density at radius 3 is 1.01 bits per heavy atom. The van der Waals surface area contributed by atoms with Gasteiger partial charge >= 0.3 is 0 Å². The predicted octanol–water partition coefficient (Wildman–Crippen LogP) is 15.2. The van der Waals surface area contributed by atoms with Crippen LogP contribution in [0.3, 0.4) is 0 Å². The van der Waals surface area contributed by atoms with Crippen LogP contribution in [0.15, 0.2) is 213 Å². The van der Waals surface area contributed by atoms with Crippen LogP contribution in [0.1, 0.15) is 95.7 Å². The van der Waals surface area contributed by atoms with Crippen molar-refractivity contribution in [3.05, 3.63) is 269 Å². The van der Waals surface area contributed by atoms with Crippen molar-refractivity contribution in [2.24, 2.45) is 35.2 Å². The molecule has 0 saturated carbocycles. The van der Waals surface area contributed by atoms with Gasteiger partial charge in [-0.2, -0.15) is 0 Å². The van der Waals surface area contributed by atoms with E-state index in [0.29, 0.717) is 5.56 Å². The maximum absolute atomic E-state index is 7.81. The highest BCUT2D eigenvalue weighted by Crippen LogP contribution is 2.25. The molecule has 0 fully saturated rings. The van der Waals surface area contributed by atoms with Crippen molar-refractivity contribution >= 4 is 0 Å². The Kier molecular flexibility index (Phi) is 20.9. The molecular weight excluding hydrogens is 971 g/mol. The summed E-state index contributed by atoms with van der Waals surface area (Å²) < 4.78 is 41.8. The summed E-state index contributed by atoms with van der Waals surface area (Å²) in [5.41, 5.74) is 24.1. The van der Waals surface area contributed by atoms with E-state index in [4.69, 9.17) is 5.48 Å². The second-order valence-electron chi connectivity index (χ2n) is 20.6. The Labute approximate surface area is 487 Å². The van der Waals surface area contributed by atoms with Crippen LogP contribution < -0.4 is 22.8 Å². The summed E-state index contributed by atoms with van der Waals surface area (Å²) in [7, 11) is 10.3. The number of rotatable bonds is 10. The number of hydrogen-bond acceptors (Lipinski definition) is 0. The highest BCUT2D eigenvalue weighted by Gasteiger charge is 2.16. The lowest BCUT2D eigenvalue weighted by Gasteiger charge is -2.06. The normalized spacial score (nSPS) is 11.5. The Hall–Kier alpha value is -8.15. The van der Waals surface area contributed by atoms with Crippen molar-refractivity contribution in [1.29, 1.82) is 0 Å². The molecule has 5 heterocycles. The standard InChI is InChI=1S/5C15H18N/c2*1-4-13-8-9-14(12(2)11-13)15-7-5-6-10-16(15)3;2*1-4-13-9-10-16(3)15(11-13)14-8-6-5-7-12(14)2;1-4-13-9-10-15(16(3)11-13)14-8-6-5-7-12(14)2/h5*5-11H,4H2,1-3H3/q5*+1/i4D2;;4D2;;. The second kappa shape index (κ2) is 30.3. The molecule has 0 saturated heterocycles. The molecule has 410 valence electrons. The third kappa shape index (κ3) is 16.5. The fraction of sp³-hybridized carbons (Fsp3) is 0.267. The van der Waals surface area contributed by atoms with E-state index in [-0.39, 0.29) is 0 Å². The predicted molar refractivity (Wildman–Crippen MR) is 336 cm³/mol. The first-order valence-electron chi connectivity index (χ1n) is 30.2. The summed E-state index contributed by atoms with van der Waals surface area (Å²) in [6.07, 6.45) is 11.0. The van der Waals surface area contributed by atoms with Gasteiger partial charge in [-0.05, 0) is 165 Å². The van der Waals surface area contributed by atoms with E-state index in [1.54, 1.807) is 13.8 Å². The molecule has 0 atom stereocenters. The Bertz CT molecular complexity index is 3700. The van der Waals surface area contributed by atoms with Gasteiger partial charge in [-0.15, -0.1) is 0 Å². The van der Waals surface area contributed by atoms with Gasteiger partial charge in [0.05, 0.1) is 0 Å². The van der Waals surface area contributed by atoms with E-state index in [9.17, 15) is 0 Å². The third-order valence-electron chi connectivity index (χ3n) is 14.8. The Morgan fingerprint density at radius 2 is 0.600 bits per heavy atom. The van der Waals surface area contributed by atoms with E-state index in [1.807, 2.05) is 92.6 Å². The lowest BCUT2D eigenvalue weighted by Crippen LogP contribution is -2.31. The van der Waals surface area contributed by atoms with Crippen LogP contribution in [0.4, 0.5) is 0 Å². The van der Waals surface area contributed by atoms with Gasteiger partial charge in [0.2, 0.25) is 28.5 Å². The molecule has 0 aliphatic heterocycles. The second-order valence-corrected chi connectivity index (χ2v) is 20.6. The topological polar surface area (TPSA) is 19.4 Å². The molecule has 0 amide bonds. The summed E-state index contributed by atoms with van der Waals surface area (Å²) in [5, 5.41) is 0. The number of benzene rings is 5. The number of hydrogen-bond donors (Lipinski definition) is 0.